The van der Waals surface area contributed by atoms with Gasteiger partial charge in [-0.15, -0.1) is 0 Å². The Balaban J connectivity index is 1.32. The topological polar surface area (TPSA) is 79.0 Å². The molecule has 3 rings (SSSR count). The number of ether oxygens (including phenoxy) is 1. The van der Waals surface area contributed by atoms with Crippen molar-refractivity contribution in [1.82, 2.24) is 15.1 Å². The monoisotopic (exact) mass is 387 g/mol. The lowest BCUT2D eigenvalue weighted by Crippen LogP contribution is -2.45. The van der Waals surface area contributed by atoms with Gasteiger partial charge in [0.2, 0.25) is 11.8 Å². The molecule has 0 saturated carbocycles. The van der Waals surface area contributed by atoms with Gasteiger partial charge in [0.05, 0.1) is 0 Å². The van der Waals surface area contributed by atoms with Gasteiger partial charge in [-0.05, 0) is 37.8 Å². The van der Waals surface area contributed by atoms with Crippen LogP contribution in [-0.4, -0.2) is 66.9 Å². The van der Waals surface area contributed by atoms with Crippen LogP contribution in [0.5, 0.6) is 5.75 Å². The first-order valence-corrected chi connectivity index (χ1v) is 10.1. The van der Waals surface area contributed by atoms with E-state index in [4.69, 9.17) is 4.74 Å². The van der Waals surface area contributed by atoms with Crippen molar-refractivity contribution in [2.24, 2.45) is 5.92 Å². The first-order chi connectivity index (χ1) is 13.6. The van der Waals surface area contributed by atoms with E-state index in [1.54, 1.807) is 4.90 Å². The molecule has 3 amide bonds. The molecule has 0 aromatic heterocycles. The van der Waals surface area contributed by atoms with E-state index in [9.17, 15) is 14.4 Å². The van der Waals surface area contributed by atoms with Gasteiger partial charge in [0.25, 0.3) is 5.91 Å². The van der Waals surface area contributed by atoms with Crippen molar-refractivity contribution in [3.8, 4) is 5.75 Å². The molecule has 1 aromatic carbocycles. The van der Waals surface area contributed by atoms with Gasteiger partial charge in [0.15, 0.2) is 6.61 Å². The number of carbonyl (C=O) groups excluding carboxylic acids is 3. The Kier molecular flexibility index (Phi) is 7.28. The van der Waals surface area contributed by atoms with Crippen molar-refractivity contribution in [3.05, 3.63) is 30.3 Å². The third-order valence-electron chi connectivity index (χ3n) is 5.42. The molecule has 1 N–H and O–H groups in total. The molecule has 7 heteroatoms. The number of benzene rings is 1. The molecule has 2 saturated heterocycles. The van der Waals surface area contributed by atoms with Crippen molar-refractivity contribution in [2.45, 2.75) is 32.1 Å². The van der Waals surface area contributed by atoms with Gasteiger partial charge in [-0.25, -0.2) is 0 Å². The van der Waals surface area contributed by atoms with E-state index in [1.165, 1.54) is 0 Å². The van der Waals surface area contributed by atoms with Gasteiger partial charge in [-0.3, -0.25) is 14.4 Å². The average molecular weight is 387 g/mol. The zero-order valence-electron chi connectivity index (χ0n) is 16.3. The lowest BCUT2D eigenvalue weighted by Gasteiger charge is -2.31. The molecule has 0 bridgehead atoms. The number of amides is 3. The molecule has 28 heavy (non-hydrogen) atoms. The van der Waals surface area contributed by atoms with Crippen molar-refractivity contribution in [2.75, 3.05) is 39.3 Å². The Bertz CT molecular complexity index is 665. The van der Waals surface area contributed by atoms with Gasteiger partial charge >= 0.3 is 0 Å². The Labute approximate surface area is 166 Å². The summed E-state index contributed by atoms with van der Waals surface area (Å²) in [6.07, 6.45) is 3.80. The van der Waals surface area contributed by atoms with Crippen LogP contribution < -0.4 is 10.1 Å². The third kappa shape index (κ3) is 5.71. The van der Waals surface area contributed by atoms with Crippen LogP contribution in [0.4, 0.5) is 0 Å². The minimum absolute atomic E-state index is 0.0122. The summed E-state index contributed by atoms with van der Waals surface area (Å²) in [6, 6.07) is 9.26. The van der Waals surface area contributed by atoms with Crippen LogP contribution in [0.15, 0.2) is 30.3 Å². The number of hydrogen-bond donors (Lipinski definition) is 1. The van der Waals surface area contributed by atoms with Crippen LogP contribution in [0.3, 0.4) is 0 Å². The van der Waals surface area contributed by atoms with E-state index >= 15 is 0 Å². The lowest BCUT2D eigenvalue weighted by atomic mass is 9.96. The molecule has 1 aromatic rings. The first kappa shape index (κ1) is 20.2. The number of para-hydroxylation sites is 1. The maximum absolute atomic E-state index is 12.3. The molecular formula is C21H29N3O4. The Morgan fingerprint density at radius 1 is 0.929 bits per heavy atom. The molecule has 2 aliphatic rings. The normalized spacial score (nSPS) is 17.4. The highest BCUT2D eigenvalue weighted by Crippen LogP contribution is 2.18. The van der Waals surface area contributed by atoms with Crippen LogP contribution in [0.1, 0.15) is 32.1 Å². The fraction of sp³-hybridized carbons (Fsp3) is 0.571. The number of nitrogens with zero attached hydrogens (tertiary/aromatic N) is 2. The number of rotatable bonds is 7. The van der Waals surface area contributed by atoms with Crippen LogP contribution in [0.2, 0.25) is 0 Å². The summed E-state index contributed by atoms with van der Waals surface area (Å²) in [6.45, 7) is 3.20. The smallest absolute Gasteiger partial charge is 0.260 e. The second-order valence-electron chi connectivity index (χ2n) is 7.39. The van der Waals surface area contributed by atoms with E-state index in [2.05, 4.69) is 5.32 Å². The zero-order valence-corrected chi connectivity index (χ0v) is 16.3. The number of likely N-dealkylation sites (tertiary alicyclic amines) is 2. The predicted molar refractivity (Wildman–Crippen MR) is 105 cm³/mol. The molecular weight excluding hydrogens is 358 g/mol. The van der Waals surface area contributed by atoms with Crippen molar-refractivity contribution >= 4 is 17.7 Å². The van der Waals surface area contributed by atoms with E-state index < -0.39 is 0 Å². The highest BCUT2D eigenvalue weighted by Gasteiger charge is 2.27. The van der Waals surface area contributed by atoms with Crippen molar-refractivity contribution in [3.63, 3.8) is 0 Å². The van der Waals surface area contributed by atoms with Gasteiger partial charge in [0, 0.05) is 45.1 Å². The summed E-state index contributed by atoms with van der Waals surface area (Å²) in [5, 5.41) is 2.88. The van der Waals surface area contributed by atoms with Crippen LogP contribution in [0.25, 0.3) is 0 Å². The van der Waals surface area contributed by atoms with Crippen LogP contribution in [0, 0.1) is 5.92 Å². The molecule has 2 heterocycles. The summed E-state index contributed by atoms with van der Waals surface area (Å²) in [5.74, 6) is 0.631. The second kappa shape index (κ2) is 10.1. The summed E-state index contributed by atoms with van der Waals surface area (Å²) in [7, 11) is 0. The maximum Gasteiger partial charge on any atom is 0.260 e. The molecule has 0 aliphatic carbocycles. The van der Waals surface area contributed by atoms with Gasteiger partial charge in [-0.2, -0.15) is 0 Å². The highest BCUT2D eigenvalue weighted by atomic mass is 16.5. The highest BCUT2D eigenvalue weighted by molar-refractivity contribution is 5.81. The van der Waals surface area contributed by atoms with Gasteiger partial charge < -0.3 is 19.9 Å². The maximum atomic E-state index is 12.3. The molecule has 2 fully saturated rings. The second-order valence-corrected chi connectivity index (χ2v) is 7.39. The SMILES string of the molecule is O=C(NCCC(=O)N1CCCC1)C1CCN(C(=O)COc2ccccc2)CC1. The fourth-order valence-corrected chi connectivity index (χ4v) is 3.71. The Morgan fingerprint density at radius 2 is 1.57 bits per heavy atom. The third-order valence-corrected chi connectivity index (χ3v) is 5.42. The summed E-state index contributed by atoms with van der Waals surface area (Å²) < 4.78 is 5.51. The van der Waals surface area contributed by atoms with Crippen molar-refractivity contribution in [1.29, 1.82) is 0 Å². The standard InChI is InChI=1S/C21H29N3O4/c25-19(23-12-4-5-13-23)8-11-22-21(27)17-9-14-24(15-10-17)20(26)16-28-18-6-2-1-3-7-18/h1-3,6-7,17H,4-5,8-16H2,(H,22,27). The number of carbonyl (C=O) groups is 3. The number of hydrogen-bond acceptors (Lipinski definition) is 4. The largest absolute Gasteiger partial charge is 0.484 e. The van der Waals surface area contributed by atoms with Crippen LogP contribution in [-0.2, 0) is 14.4 Å². The molecule has 0 unspecified atom stereocenters. The zero-order chi connectivity index (χ0) is 19.8. The fourth-order valence-electron chi connectivity index (χ4n) is 3.71. The Hall–Kier alpha value is -2.57. The predicted octanol–water partition coefficient (Wildman–Crippen LogP) is 1.43. The summed E-state index contributed by atoms with van der Waals surface area (Å²) in [4.78, 5) is 40.2. The minimum atomic E-state index is -0.0963. The van der Waals surface area contributed by atoms with Crippen LogP contribution >= 0.6 is 0 Å². The van der Waals surface area contributed by atoms with E-state index in [1.807, 2.05) is 35.2 Å². The lowest BCUT2D eigenvalue weighted by molar-refractivity contribution is -0.137. The molecule has 0 spiro atoms. The minimum Gasteiger partial charge on any atom is -0.484 e. The van der Waals surface area contributed by atoms with E-state index in [-0.39, 0.29) is 30.2 Å². The number of piperidine rings is 1. The van der Waals surface area contributed by atoms with E-state index in [0.29, 0.717) is 44.6 Å². The first-order valence-electron chi connectivity index (χ1n) is 10.1. The van der Waals surface area contributed by atoms with Crippen molar-refractivity contribution < 1.29 is 19.1 Å². The summed E-state index contributed by atoms with van der Waals surface area (Å²) in [5.41, 5.74) is 0. The quantitative estimate of drug-likeness (QED) is 0.768. The average Bonchev–Trinajstić information content (AvgIpc) is 3.28. The van der Waals surface area contributed by atoms with Gasteiger partial charge in [0.1, 0.15) is 5.75 Å². The molecule has 0 atom stereocenters. The number of nitrogens with one attached hydrogen (secondary N) is 1. The Morgan fingerprint density at radius 3 is 2.25 bits per heavy atom. The van der Waals surface area contributed by atoms with E-state index in [0.717, 1.165) is 25.9 Å². The molecule has 152 valence electrons. The molecule has 7 nitrogen and oxygen atoms in total. The molecule has 0 radical (unpaired) electrons. The summed E-state index contributed by atoms with van der Waals surface area (Å²) >= 11 is 0. The molecule has 2 aliphatic heterocycles. The van der Waals surface area contributed by atoms with Gasteiger partial charge in [-0.1, -0.05) is 18.2 Å².